The zero-order chi connectivity index (χ0) is 18.3. The van der Waals surface area contributed by atoms with Gasteiger partial charge in [-0.25, -0.2) is 4.39 Å². The Hall–Kier alpha value is -0.890. The van der Waals surface area contributed by atoms with Gasteiger partial charge in [-0.2, -0.15) is 0 Å². The van der Waals surface area contributed by atoms with E-state index in [1.54, 1.807) is 6.07 Å². The van der Waals surface area contributed by atoms with E-state index < -0.39 is 0 Å². The Kier molecular flexibility index (Phi) is 15.7. The highest BCUT2D eigenvalue weighted by molar-refractivity contribution is 14.0. The number of hydrogen-bond acceptors (Lipinski definition) is 2. The van der Waals surface area contributed by atoms with Gasteiger partial charge in [0.05, 0.1) is 0 Å². The smallest absolute Gasteiger partial charge is 0.191 e. The van der Waals surface area contributed by atoms with Crippen LogP contribution in [0.3, 0.4) is 0 Å². The summed E-state index contributed by atoms with van der Waals surface area (Å²) in [4.78, 5) is 6.84. The Morgan fingerprint density at radius 1 is 1.04 bits per heavy atom. The minimum absolute atomic E-state index is 0. The van der Waals surface area contributed by atoms with Gasteiger partial charge in [0.2, 0.25) is 0 Å². The average Bonchev–Trinajstić information content (AvgIpc) is 2.58. The second kappa shape index (κ2) is 16.3. The second-order valence-corrected chi connectivity index (χ2v) is 6.60. The fourth-order valence-corrected chi connectivity index (χ4v) is 2.62. The van der Waals surface area contributed by atoms with Crippen LogP contribution in [0.25, 0.3) is 0 Å². The molecular weight excluding hydrogens is 442 g/mol. The summed E-state index contributed by atoms with van der Waals surface area (Å²) in [5.74, 6) is 0.687. The van der Waals surface area contributed by atoms with Crippen molar-refractivity contribution in [3.05, 3.63) is 35.6 Å². The molecule has 0 aliphatic carbocycles. The fraction of sp³-hybridized carbons (Fsp3) is 0.650. The number of guanidine groups is 1. The number of rotatable bonds is 12. The maximum absolute atomic E-state index is 13.6. The van der Waals surface area contributed by atoms with Crippen molar-refractivity contribution in [3.8, 4) is 0 Å². The molecule has 4 nitrogen and oxygen atoms in total. The van der Waals surface area contributed by atoms with E-state index in [0.29, 0.717) is 13.0 Å². The van der Waals surface area contributed by atoms with Crippen molar-refractivity contribution in [1.29, 1.82) is 0 Å². The van der Waals surface area contributed by atoms with Crippen molar-refractivity contribution < 1.29 is 4.39 Å². The van der Waals surface area contributed by atoms with Crippen molar-refractivity contribution in [1.82, 2.24) is 15.5 Å². The first kappa shape index (κ1) is 25.1. The lowest BCUT2D eigenvalue weighted by molar-refractivity contribution is 0.390. The Bertz CT molecular complexity index is 494. The number of hydrogen-bond donors (Lipinski definition) is 2. The summed E-state index contributed by atoms with van der Waals surface area (Å²) in [7, 11) is 4.24. The van der Waals surface area contributed by atoms with E-state index in [9.17, 15) is 4.39 Å². The third kappa shape index (κ3) is 12.5. The topological polar surface area (TPSA) is 39.7 Å². The molecule has 0 saturated carbocycles. The van der Waals surface area contributed by atoms with E-state index in [1.807, 2.05) is 12.1 Å². The number of nitrogens with one attached hydrogen (secondary N) is 2. The number of aliphatic imine (C=N–C) groups is 1. The molecule has 0 unspecified atom stereocenters. The lowest BCUT2D eigenvalue weighted by Crippen LogP contribution is -2.38. The van der Waals surface area contributed by atoms with Crippen LogP contribution in [0.1, 0.15) is 44.6 Å². The molecule has 0 atom stereocenters. The molecular formula is C20H36FIN4. The molecule has 150 valence electrons. The summed E-state index contributed by atoms with van der Waals surface area (Å²) in [6.07, 6.45) is 6.85. The molecule has 1 aromatic rings. The van der Waals surface area contributed by atoms with Crippen LogP contribution in [-0.4, -0.2) is 51.1 Å². The first-order valence-corrected chi connectivity index (χ1v) is 9.53. The minimum Gasteiger partial charge on any atom is -0.357 e. The molecule has 6 heteroatoms. The van der Waals surface area contributed by atoms with Gasteiger partial charge in [-0.15, -0.1) is 24.0 Å². The SMILES string of the molecule is CCNC(=NCCCCCCCN(C)C)NCCc1ccccc1F.I. The normalized spacial score (nSPS) is 11.3. The lowest BCUT2D eigenvalue weighted by atomic mass is 10.1. The predicted octanol–water partition coefficient (Wildman–Crippen LogP) is 4.05. The molecule has 0 spiro atoms. The molecule has 0 radical (unpaired) electrons. The average molecular weight is 478 g/mol. The molecule has 0 heterocycles. The van der Waals surface area contributed by atoms with Gasteiger partial charge in [0.25, 0.3) is 0 Å². The molecule has 0 bridgehead atoms. The van der Waals surface area contributed by atoms with E-state index in [1.165, 1.54) is 38.3 Å². The van der Waals surface area contributed by atoms with E-state index in [4.69, 9.17) is 0 Å². The molecule has 26 heavy (non-hydrogen) atoms. The summed E-state index contributed by atoms with van der Waals surface area (Å²) in [5, 5.41) is 6.53. The molecule has 1 aromatic carbocycles. The number of unbranched alkanes of at least 4 members (excludes halogenated alkanes) is 4. The van der Waals surface area contributed by atoms with Crippen LogP contribution >= 0.6 is 24.0 Å². The van der Waals surface area contributed by atoms with Crippen molar-refractivity contribution in [2.75, 3.05) is 40.3 Å². The first-order valence-electron chi connectivity index (χ1n) is 9.53. The van der Waals surface area contributed by atoms with Crippen molar-refractivity contribution in [2.24, 2.45) is 4.99 Å². The van der Waals surface area contributed by atoms with Crippen LogP contribution in [-0.2, 0) is 6.42 Å². The van der Waals surface area contributed by atoms with E-state index in [-0.39, 0.29) is 29.8 Å². The van der Waals surface area contributed by atoms with Gasteiger partial charge in [0.1, 0.15) is 5.82 Å². The summed E-state index contributed by atoms with van der Waals surface area (Å²) < 4.78 is 13.6. The summed E-state index contributed by atoms with van der Waals surface area (Å²) >= 11 is 0. The summed E-state index contributed by atoms with van der Waals surface area (Å²) in [5.41, 5.74) is 0.739. The molecule has 1 rings (SSSR count). The molecule has 0 aliphatic heterocycles. The molecule has 2 N–H and O–H groups in total. The highest BCUT2D eigenvalue weighted by Crippen LogP contribution is 2.06. The molecule has 0 fully saturated rings. The van der Waals surface area contributed by atoms with E-state index in [0.717, 1.165) is 31.0 Å². The highest BCUT2D eigenvalue weighted by atomic mass is 127. The molecule has 0 aromatic heterocycles. The summed E-state index contributed by atoms with van der Waals surface area (Å²) in [6, 6.07) is 6.93. The maximum atomic E-state index is 13.6. The van der Waals surface area contributed by atoms with Crippen molar-refractivity contribution in [3.63, 3.8) is 0 Å². The second-order valence-electron chi connectivity index (χ2n) is 6.60. The Labute approximate surface area is 176 Å². The van der Waals surface area contributed by atoms with E-state index >= 15 is 0 Å². The third-order valence-corrected chi connectivity index (χ3v) is 4.02. The van der Waals surface area contributed by atoms with Gasteiger partial charge < -0.3 is 15.5 Å². The van der Waals surface area contributed by atoms with Crippen LogP contribution in [0.2, 0.25) is 0 Å². The third-order valence-electron chi connectivity index (χ3n) is 4.02. The Balaban J connectivity index is 0.00000625. The van der Waals surface area contributed by atoms with Crippen molar-refractivity contribution >= 4 is 29.9 Å². The Morgan fingerprint density at radius 3 is 2.42 bits per heavy atom. The number of halogens is 2. The van der Waals surface area contributed by atoms with Gasteiger partial charge in [-0.05, 0) is 58.5 Å². The van der Waals surface area contributed by atoms with Crippen LogP contribution in [0.15, 0.2) is 29.3 Å². The quantitative estimate of drug-likeness (QED) is 0.206. The van der Waals surface area contributed by atoms with E-state index in [2.05, 4.69) is 41.5 Å². The standard InChI is InChI=1S/C20H35FN4.HI/c1-4-22-20(23-15-10-6-5-7-11-17-25(2)3)24-16-14-18-12-8-9-13-19(18)21;/h8-9,12-13H,4-7,10-11,14-17H2,1-3H3,(H2,22,23,24);1H. The maximum Gasteiger partial charge on any atom is 0.191 e. The first-order chi connectivity index (χ1) is 12.1. The highest BCUT2D eigenvalue weighted by Gasteiger charge is 2.01. The fourth-order valence-electron chi connectivity index (χ4n) is 2.62. The molecule has 0 saturated heterocycles. The largest absolute Gasteiger partial charge is 0.357 e. The van der Waals surface area contributed by atoms with Gasteiger partial charge >= 0.3 is 0 Å². The van der Waals surface area contributed by atoms with Gasteiger partial charge in [0, 0.05) is 19.6 Å². The number of nitrogens with zero attached hydrogens (tertiary/aromatic N) is 2. The molecule has 0 aliphatic rings. The predicted molar refractivity (Wildman–Crippen MR) is 121 cm³/mol. The van der Waals surface area contributed by atoms with Crippen LogP contribution in [0.5, 0.6) is 0 Å². The lowest BCUT2D eigenvalue weighted by Gasteiger charge is -2.11. The Morgan fingerprint density at radius 2 is 1.73 bits per heavy atom. The monoisotopic (exact) mass is 478 g/mol. The van der Waals surface area contributed by atoms with Crippen LogP contribution in [0.4, 0.5) is 4.39 Å². The zero-order valence-electron chi connectivity index (χ0n) is 16.6. The van der Waals surface area contributed by atoms with Gasteiger partial charge in [-0.3, -0.25) is 4.99 Å². The van der Waals surface area contributed by atoms with Crippen LogP contribution < -0.4 is 10.6 Å². The van der Waals surface area contributed by atoms with Crippen LogP contribution in [0, 0.1) is 5.82 Å². The number of benzene rings is 1. The van der Waals surface area contributed by atoms with Gasteiger partial charge in [-0.1, -0.05) is 37.5 Å². The zero-order valence-corrected chi connectivity index (χ0v) is 18.9. The van der Waals surface area contributed by atoms with Gasteiger partial charge in [0.15, 0.2) is 5.96 Å². The molecule has 0 amide bonds. The summed E-state index contributed by atoms with van der Waals surface area (Å²) in [6.45, 7) is 5.57. The minimum atomic E-state index is -0.138. The van der Waals surface area contributed by atoms with Crippen molar-refractivity contribution in [2.45, 2.75) is 45.4 Å².